The smallest absolute Gasteiger partial charge is 0.0355 e. The molecule has 90 valence electrons. The van der Waals surface area contributed by atoms with Crippen molar-refractivity contribution in [2.24, 2.45) is 0 Å². The molecule has 0 spiro atoms. The molecule has 0 saturated carbocycles. The molecule has 0 fully saturated rings. The molecule has 0 amide bonds. The Morgan fingerprint density at radius 1 is 1.06 bits per heavy atom. The topological polar surface area (TPSA) is 23.9 Å². The Kier molecular flexibility index (Phi) is 2.75. The lowest BCUT2D eigenvalue weighted by atomic mass is 9.92. The minimum absolute atomic E-state index is 0.543. The highest BCUT2D eigenvalue weighted by Crippen LogP contribution is 2.37. The lowest BCUT2D eigenvalue weighted by molar-refractivity contribution is 0.788. The van der Waals surface area contributed by atoms with Crippen molar-refractivity contribution >= 4 is 5.71 Å². The summed E-state index contributed by atoms with van der Waals surface area (Å²) < 4.78 is 0. The Bertz CT molecular complexity index is 581. The van der Waals surface area contributed by atoms with Crippen LogP contribution in [0.15, 0.2) is 48.5 Å². The maximum Gasteiger partial charge on any atom is 0.0355 e. The van der Waals surface area contributed by atoms with Crippen molar-refractivity contribution < 1.29 is 0 Å². The Labute approximate surface area is 108 Å². The Hall–Kier alpha value is -1.89. The predicted molar refractivity (Wildman–Crippen MR) is 75.6 cm³/mol. The molecule has 1 N–H and O–H groups in total. The summed E-state index contributed by atoms with van der Waals surface area (Å²) in [6.07, 6.45) is 2.40. The van der Waals surface area contributed by atoms with E-state index in [0.29, 0.717) is 11.6 Å². The minimum Gasteiger partial charge on any atom is -0.305 e. The normalized spacial score (nSPS) is 17.5. The number of benzene rings is 2. The van der Waals surface area contributed by atoms with Crippen molar-refractivity contribution in [3.05, 3.63) is 70.8 Å². The Morgan fingerprint density at radius 2 is 1.78 bits per heavy atom. The Balaban J connectivity index is 1.95. The van der Waals surface area contributed by atoms with Gasteiger partial charge < -0.3 is 5.41 Å². The zero-order chi connectivity index (χ0) is 12.5. The summed E-state index contributed by atoms with van der Waals surface area (Å²) in [6.45, 7) is 1.83. The third-order valence-corrected chi connectivity index (χ3v) is 3.88. The largest absolute Gasteiger partial charge is 0.305 e. The van der Waals surface area contributed by atoms with Crippen molar-refractivity contribution in [2.45, 2.75) is 25.7 Å². The SMILES string of the molecule is CC(=N)c1ccc(C2CCc3ccccc32)cc1. The monoisotopic (exact) mass is 235 g/mol. The molecule has 2 aromatic rings. The van der Waals surface area contributed by atoms with Crippen molar-refractivity contribution in [1.82, 2.24) is 0 Å². The van der Waals surface area contributed by atoms with Crippen LogP contribution in [0, 0.1) is 5.41 Å². The summed E-state index contributed by atoms with van der Waals surface area (Å²) >= 11 is 0. The second-order valence-corrected chi connectivity index (χ2v) is 5.04. The lowest BCUT2D eigenvalue weighted by Gasteiger charge is -2.12. The van der Waals surface area contributed by atoms with Crippen LogP contribution in [-0.2, 0) is 6.42 Å². The maximum absolute atomic E-state index is 7.63. The van der Waals surface area contributed by atoms with Gasteiger partial charge in [-0.05, 0) is 42.0 Å². The molecule has 0 saturated heterocycles. The highest BCUT2D eigenvalue weighted by molar-refractivity contribution is 5.96. The molecule has 18 heavy (non-hydrogen) atoms. The minimum atomic E-state index is 0.543. The maximum atomic E-state index is 7.63. The molecule has 0 radical (unpaired) electrons. The third kappa shape index (κ3) is 1.86. The van der Waals surface area contributed by atoms with E-state index in [9.17, 15) is 0 Å². The van der Waals surface area contributed by atoms with Gasteiger partial charge in [0.2, 0.25) is 0 Å². The van der Waals surface area contributed by atoms with Gasteiger partial charge in [-0.3, -0.25) is 0 Å². The first-order chi connectivity index (χ1) is 8.75. The van der Waals surface area contributed by atoms with Gasteiger partial charge in [0, 0.05) is 11.6 Å². The molecule has 3 rings (SSSR count). The van der Waals surface area contributed by atoms with E-state index in [1.807, 2.05) is 6.92 Å². The van der Waals surface area contributed by atoms with Crippen molar-refractivity contribution in [3.63, 3.8) is 0 Å². The number of hydrogen-bond acceptors (Lipinski definition) is 1. The quantitative estimate of drug-likeness (QED) is 0.756. The first-order valence-corrected chi connectivity index (χ1v) is 6.49. The van der Waals surface area contributed by atoms with E-state index in [0.717, 1.165) is 5.56 Å². The van der Waals surface area contributed by atoms with Gasteiger partial charge in [0.1, 0.15) is 0 Å². The van der Waals surface area contributed by atoms with E-state index < -0.39 is 0 Å². The van der Waals surface area contributed by atoms with Crippen LogP contribution in [0.5, 0.6) is 0 Å². The molecule has 0 aromatic heterocycles. The van der Waals surface area contributed by atoms with E-state index >= 15 is 0 Å². The highest BCUT2D eigenvalue weighted by atomic mass is 14.4. The molecule has 0 bridgehead atoms. The average Bonchev–Trinajstić information content (AvgIpc) is 2.82. The molecule has 1 aliphatic rings. The molecular formula is C17H17N. The van der Waals surface area contributed by atoms with Gasteiger partial charge in [-0.25, -0.2) is 0 Å². The molecule has 0 aliphatic heterocycles. The molecule has 1 unspecified atom stereocenters. The highest BCUT2D eigenvalue weighted by Gasteiger charge is 2.23. The van der Waals surface area contributed by atoms with Crippen LogP contribution in [0.3, 0.4) is 0 Å². The lowest BCUT2D eigenvalue weighted by Crippen LogP contribution is -1.98. The number of hydrogen-bond donors (Lipinski definition) is 1. The molecule has 1 heteroatoms. The third-order valence-electron chi connectivity index (χ3n) is 3.88. The average molecular weight is 235 g/mol. The van der Waals surface area contributed by atoms with Crippen LogP contribution >= 0.6 is 0 Å². The van der Waals surface area contributed by atoms with Crippen LogP contribution in [0.1, 0.15) is 41.5 Å². The van der Waals surface area contributed by atoms with Crippen molar-refractivity contribution in [1.29, 1.82) is 5.41 Å². The van der Waals surface area contributed by atoms with E-state index in [4.69, 9.17) is 5.41 Å². The van der Waals surface area contributed by atoms with E-state index in [2.05, 4.69) is 48.5 Å². The van der Waals surface area contributed by atoms with Crippen molar-refractivity contribution in [3.8, 4) is 0 Å². The van der Waals surface area contributed by atoms with E-state index in [-0.39, 0.29) is 0 Å². The van der Waals surface area contributed by atoms with Gasteiger partial charge in [0.25, 0.3) is 0 Å². The summed E-state index contributed by atoms with van der Waals surface area (Å²) in [5, 5.41) is 7.63. The summed E-state index contributed by atoms with van der Waals surface area (Å²) in [4.78, 5) is 0. The predicted octanol–water partition coefficient (Wildman–Crippen LogP) is 4.15. The summed E-state index contributed by atoms with van der Waals surface area (Å²) in [5.74, 6) is 0.543. The fourth-order valence-corrected chi connectivity index (χ4v) is 2.87. The van der Waals surface area contributed by atoms with Crippen LogP contribution in [0.25, 0.3) is 0 Å². The fraction of sp³-hybridized carbons (Fsp3) is 0.235. The zero-order valence-electron chi connectivity index (χ0n) is 10.6. The van der Waals surface area contributed by atoms with Crippen LogP contribution < -0.4 is 0 Å². The molecule has 1 nitrogen and oxygen atoms in total. The first-order valence-electron chi connectivity index (χ1n) is 6.49. The fourth-order valence-electron chi connectivity index (χ4n) is 2.87. The second-order valence-electron chi connectivity index (χ2n) is 5.04. The first kappa shape index (κ1) is 11.2. The number of aryl methyl sites for hydroxylation is 1. The van der Waals surface area contributed by atoms with Crippen LogP contribution in [0.4, 0.5) is 0 Å². The second kappa shape index (κ2) is 4.41. The van der Waals surface area contributed by atoms with Crippen molar-refractivity contribution in [2.75, 3.05) is 0 Å². The molecule has 1 aliphatic carbocycles. The summed E-state index contributed by atoms with van der Waals surface area (Å²) in [7, 11) is 0. The van der Waals surface area contributed by atoms with Gasteiger partial charge in [0.05, 0.1) is 0 Å². The van der Waals surface area contributed by atoms with Crippen LogP contribution in [0.2, 0.25) is 0 Å². The molecular weight excluding hydrogens is 218 g/mol. The Morgan fingerprint density at radius 3 is 2.50 bits per heavy atom. The van der Waals surface area contributed by atoms with Gasteiger partial charge in [-0.2, -0.15) is 0 Å². The van der Waals surface area contributed by atoms with E-state index in [1.54, 1.807) is 0 Å². The zero-order valence-corrected chi connectivity index (χ0v) is 10.6. The summed E-state index contributed by atoms with van der Waals surface area (Å²) in [5.41, 5.74) is 6.01. The number of fused-ring (bicyclic) bond motifs is 1. The molecule has 1 atom stereocenters. The number of nitrogens with one attached hydrogen (secondary N) is 1. The molecule has 2 aromatic carbocycles. The summed E-state index contributed by atoms with van der Waals surface area (Å²) in [6, 6.07) is 17.3. The van der Waals surface area contributed by atoms with Gasteiger partial charge in [-0.15, -0.1) is 0 Å². The van der Waals surface area contributed by atoms with Gasteiger partial charge in [0.15, 0.2) is 0 Å². The molecule has 0 heterocycles. The van der Waals surface area contributed by atoms with Crippen LogP contribution in [-0.4, -0.2) is 5.71 Å². The van der Waals surface area contributed by atoms with Gasteiger partial charge >= 0.3 is 0 Å². The van der Waals surface area contributed by atoms with Gasteiger partial charge in [-0.1, -0.05) is 48.5 Å². The van der Waals surface area contributed by atoms with E-state index in [1.165, 1.54) is 29.5 Å². The number of rotatable bonds is 2. The standard InChI is InChI=1S/C17H17N/c1-12(18)13-6-8-15(9-7-13)17-11-10-14-4-2-3-5-16(14)17/h2-9,17-18H,10-11H2,1H3.